The summed E-state index contributed by atoms with van der Waals surface area (Å²) in [7, 11) is 1.55. The third kappa shape index (κ3) is 7.24. The first kappa shape index (κ1) is 31.3. The van der Waals surface area contributed by atoms with Gasteiger partial charge in [0.25, 0.3) is 5.91 Å². The zero-order valence-electron chi connectivity index (χ0n) is 24.7. The Kier molecular flexibility index (Phi) is 9.88. The largest absolute Gasteiger partial charge is 0.497 e. The number of esters is 1. The Morgan fingerprint density at radius 2 is 1.60 bits per heavy atom. The molecular weight excluding hydrogens is 570 g/mol. The molecule has 2 atom stereocenters. The number of anilines is 1. The molecule has 0 unspecified atom stereocenters. The molecule has 0 spiro atoms. The molecule has 224 valence electrons. The van der Waals surface area contributed by atoms with E-state index in [-0.39, 0.29) is 29.9 Å². The lowest BCUT2D eigenvalue weighted by molar-refractivity contribution is -0.140. The Balaban J connectivity index is 1.60. The van der Waals surface area contributed by atoms with E-state index in [9.17, 15) is 19.2 Å². The molecule has 4 aromatic rings. The maximum absolute atomic E-state index is 13.6. The minimum Gasteiger partial charge on any atom is -0.497 e. The van der Waals surface area contributed by atoms with Gasteiger partial charge in [0.1, 0.15) is 17.5 Å². The van der Waals surface area contributed by atoms with Crippen molar-refractivity contribution in [3.8, 4) is 11.5 Å². The molecule has 0 saturated carbocycles. The summed E-state index contributed by atoms with van der Waals surface area (Å²) in [6.07, 6.45) is 0.536. The molecule has 43 heavy (non-hydrogen) atoms. The summed E-state index contributed by atoms with van der Waals surface area (Å²) in [4.78, 5) is 51.6. The summed E-state index contributed by atoms with van der Waals surface area (Å²) < 4.78 is 12.6. The first-order valence-corrected chi connectivity index (χ1v) is 14.3. The van der Waals surface area contributed by atoms with Gasteiger partial charge >= 0.3 is 5.97 Å². The zero-order valence-corrected chi connectivity index (χ0v) is 25.5. The van der Waals surface area contributed by atoms with E-state index in [0.29, 0.717) is 50.6 Å². The van der Waals surface area contributed by atoms with Crippen LogP contribution in [0.25, 0.3) is 10.9 Å². The third-order valence-corrected chi connectivity index (χ3v) is 7.60. The van der Waals surface area contributed by atoms with Crippen molar-refractivity contribution in [3.05, 3.63) is 88.6 Å². The highest BCUT2D eigenvalue weighted by atomic mass is 35.5. The molecule has 0 aliphatic carbocycles. The lowest BCUT2D eigenvalue weighted by Crippen LogP contribution is -2.47. The second kappa shape index (κ2) is 13.6. The van der Waals surface area contributed by atoms with Crippen molar-refractivity contribution >= 4 is 51.9 Å². The van der Waals surface area contributed by atoms with E-state index < -0.39 is 17.9 Å². The van der Waals surface area contributed by atoms with E-state index in [4.69, 9.17) is 21.1 Å². The summed E-state index contributed by atoms with van der Waals surface area (Å²) in [5, 5.41) is 6.73. The second-order valence-corrected chi connectivity index (χ2v) is 10.8. The SMILES string of the molecule is CC[C@H](C)[C@H](NC(=O)Cc1c(C)n(C(=O)c2ccc(Cl)cc2)c2ccc(OC)cc12)C(=O)Oc1ccc(NC(C)=O)cc1. The van der Waals surface area contributed by atoms with Gasteiger partial charge in [-0.2, -0.15) is 0 Å². The van der Waals surface area contributed by atoms with Gasteiger partial charge < -0.3 is 20.1 Å². The van der Waals surface area contributed by atoms with E-state index in [2.05, 4.69) is 10.6 Å². The Labute approximate surface area is 255 Å². The minimum atomic E-state index is -0.911. The van der Waals surface area contributed by atoms with E-state index >= 15 is 0 Å². The number of fused-ring (bicyclic) bond motifs is 1. The van der Waals surface area contributed by atoms with Crippen molar-refractivity contribution in [2.24, 2.45) is 5.92 Å². The van der Waals surface area contributed by atoms with Crippen LogP contribution in [-0.4, -0.2) is 41.4 Å². The number of halogens is 1. The minimum absolute atomic E-state index is 0.0813. The van der Waals surface area contributed by atoms with Crippen LogP contribution in [-0.2, 0) is 20.8 Å². The fourth-order valence-electron chi connectivity index (χ4n) is 4.84. The number of hydrogen-bond acceptors (Lipinski definition) is 6. The van der Waals surface area contributed by atoms with Crippen LogP contribution in [0.5, 0.6) is 11.5 Å². The van der Waals surface area contributed by atoms with Crippen LogP contribution in [0, 0.1) is 12.8 Å². The van der Waals surface area contributed by atoms with Crippen LogP contribution in [0.15, 0.2) is 66.7 Å². The van der Waals surface area contributed by atoms with Gasteiger partial charge in [0.05, 0.1) is 19.0 Å². The number of carbonyl (C=O) groups excluding carboxylic acids is 4. The number of benzene rings is 3. The number of methoxy groups -OCH3 is 1. The molecular formula is C33H34ClN3O6. The molecule has 0 saturated heterocycles. The summed E-state index contributed by atoms with van der Waals surface area (Å²) >= 11 is 6.02. The fourth-order valence-corrected chi connectivity index (χ4v) is 4.97. The van der Waals surface area contributed by atoms with Crippen LogP contribution >= 0.6 is 11.6 Å². The van der Waals surface area contributed by atoms with Crippen molar-refractivity contribution in [2.75, 3.05) is 12.4 Å². The van der Waals surface area contributed by atoms with Gasteiger partial charge in [-0.3, -0.25) is 19.0 Å². The van der Waals surface area contributed by atoms with Gasteiger partial charge in [-0.25, -0.2) is 4.79 Å². The Morgan fingerprint density at radius 3 is 2.21 bits per heavy atom. The van der Waals surface area contributed by atoms with E-state index in [1.165, 1.54) is 6.92 Å². The summed E-state index contributed by atoms with van der Waals surface area (Å²) in [6, 6.07) is 17.4. The maximum Gasteiger partial charge on any atom is 0.334 e. The predicted octanol–water partition coefficient (Wildman–Crippen LogP) is 5.94. The first-order chi connectivity index (χ1) is 20.5. The molecule has 0 aliphatic heterocycles. The topological polar surface area (TPSA) is 116 Å². The van der Waals surface area contributed by atoms with Crippen molar-refractivity contribution in [1.29, 1.82) is 0 Å². The summed E-state index contributed by atoms with van der Waals surface area (Å²) in [5.41, 5.74) is 2.88. The number of amides is 2. The average molecular weight is 604 g/mol. The van der Waals surface area contributed by atoms with E-state index in [1.54, 1.807) is 85.3 Å². The fraction of sp³-hybridized carbons (Fsp3) is 0.273. The van der Waals surface area contributed by atoms with Crippen molar-refractivity contribution in [3.63, 3.8) is 0 Å². The van der Waals surface area contributed by atoms with E-state index in [1.807, 2.05) is 13.8 Å². The molecule has 10 heteroatoms. The van der Waals surface area contributed by atoms with Gasteiger partial charge in [-0.05, 0) is 85.1 Å². The van der Waals surface area contributed by atoms with Gasteiger partial charge in [-0.15, -0.1) is 0 Å². The molecule has 4 rings (SSSR count). The number of aromatic nitrogens is 1. The molecule has 0 bridgehead atoms. The van der Waals surface area contributed by atoms with Crippen LogP contribution < -0.4 is 20.1 Å². The summed E-state index contributed by atoms with van der Waals surface area (Å²) in [5.74, 6) is -0.828. The molecule has 2 N–H and O–H groups in total. The quantitative estimate of drug-likeness (QED) is 0.171. The smallest absolute Gasteiger partial charge is 0.334 e. The lowest BCUT2D eigenvalue weighted by atomic mass is 9.98. The number of rotatable bonds is 10. The number of nitrogens with zero attached hydrogens (tertiary/aromatic N) is 1. The zero-order chi connectivity index (χ0) is 31.3. The van der Waals surface area contributed by atoms with Gasteiger partial charge in [-0.1, -0.05) is 31.9 Å². The van der Waals surface area contributed by atoms with Crippen molar-refractivity contribution in [2.45, 2.75) is 46.6 Å². The molecule has 0 radical (unpaired) electrons. The molecule has 3 aromatic carbocycles. The highest BCUT2D eigenvalue weighted by molar-refractivity contribution is 6.30. The molecule has 2 amide bonds. The van der Waals surface area contributed by atoms with Crippen LogP contribution in [0.3, 0.4) is 0 Å². The van der Waals surface area contributed by atoms with Gasteiger partial charge in [0.2, 0.25) is 11.8 Å². The molecule has 9 nitrogen and oxygen atoms in total. The number of carbonyl (C=O) groups is 4. The molecule has 0 aliphatic rings. The first-order valence-electron chi connectivity index (χ1n) is 13.9. The third-order valence-electron chi connectivity index (χ3n) is 7.35. The average Bonchev–Trinajstić information content (AvgIpc) is 3.25. The molecule has 1 heterocycles. The lowest BCUT2D eigenvalue weighted by Gasteiger charge is -2.23. The van der Waals surface area contributed by atoms with Crippen molar-refractivity contribution < 1.29 is 28.7 Å². The molecule has 0 fully saturated rings. The number of nitrogens with one attached hydrogen (secondary N) is 2. The normalized spacial score (nSPS) is 12.3. The Morgan fingerprint density at radius 1 is 0.953 bits per heavy atom. The van der Waals surface area contributed by atoms with Crippen LogP contribution in [0.1, 0.15) is 48.8 Å². The van der Waals surface area contributed by atoms with Crippen LogP contribution in [0.4, 0.5) is 5.69 Å². The molecule has 1 aromatic heterocycles. The van der Waals surface area contributed by atoms with Crippen LogP contribution in [0.2, 0.25) is 5.02 Å². The standard InChI is InChI=1S/C33H34ClN3O6/c1-6-19(2)31(33(41)43-25-13-11-24(12-14-25)35-21(4)38)36-30(39)18-27-20(3)37(29-16-15-26(42-5)17-28(27)29)32(40)22-7-9-23(34)10-8-22/h7-17,19,31H,6,18H2,1-5H3,(H,35,38)(H,36,39)/t19-,31-/m0/s1. The predicted molar refractivity (Wildman–Crippen MR) is 166 cm³/mol. The Bertz CT molecular complexity index is 1660. The maximum atomic E-state index is 13.6. The second-order valence-electron chi connectivity index (χ2n) is 10.3. The number of hydrogen-bond donors (Lipinski definition) is 2. The van der Waals surface area contributed by atoms with E-state index in [0.717, 1.165) is 0 Å². The Hall–Kier alpha value is -4.63. The monoisotopic (exact) mass is 603 g/mol. The highest BCUT2D eigenvalue weighted by Gasteiger charge is 2.29. The number of ether oxygens (including phenoxy) is 2. The van der Waals surface area contributed by atoms with Gasteiger partial charge in [0, 0.05) is 34.3 Å². The van der Waals surface area contributed by atoms with Crippen molar-refractivity contribution in [1.82, 2.24) is 9.88 Å². The highest BCUT2D eigenvalue weighted by Crippen LogP contribution is 2.31. The summed E-state index contributed by atoms with van der Waals surface area (Å²) in [6.45, 7) is 6.97. The van der Waals surface area contributed by atoms with Gasteiger partial charge in [0.15, 0.2) is 0 Å².